The van der Waals surface area contributed by atoms with Gasteiger partial charge in [0.15, 0.2) is 5.65 Å². The van der Waals surface area contributed by atoms with Crippen molar-refractivity contribution in [3.63, 3.8) is 0 Å². The molecule has 0 aromatic carbocycles. The number of aromatic nitrogens is 3. The van der Waals surface area contributed by atoms with Gasteiger partial charge in [-0.25, -0.2) is 9.78 Å². The van der Waals surface area contributed by atoms with Crippen molar-refractivity contribution in [1.29, 1.82) is 0 Å². The fourth-order valence-corrected chi connectivity index (χ4v) is 2.16. The van der Waals surface area contributed by atoms with Crippen LogP contribution in [-0.4, -0.2) is 25.8 Å². The maximum Gasteiger partial charge on any atom is 0.338 e. The Morgan fingerprint density at radius 2 is 2.06 bits per heavy atom. The topological polar surface area (TPSA) is 68.0 Å². The summed E-state index contributed by atoms with van der Waals surface area (Å²) in [7, 11) is 1.77. The molecule has 5 nitrogen and oxygen atoms in total. The van der Waals surface area contributed by atoms with Crippen molar-refractivity contribution >= 4 is 28.6 Å². The van der Waals surface area contributed by atoms with E-state index in [1.54, 1.807) is 11.7 Å². The first-order chi connectivity index (χ1) is 8.23. The minimum Gasteiger partial charge on any atom is -0.478 e. The lowest BCUT2D eigenvalue weighted by Crippen LogP contribution is -2.13. The van der Waals surface area contributed by atoms with Crippen molar-refractivity contribution in [2.24, 2.45) is 7.05 Å². The molecular formula is C12H14ClN3O2. The number of nitrogens with zero attached hydrogens (tertiary/aromatic N) is 3. The zero-order valence-electron chi connectivity index (χ0n) is 10.7. The lowest BCUT2D eigenvalue weighted by atomic mass is 9.90. The van der Waals surface area contributed by atoms with E-state index in [9.17, 15) is 4.79 Å². The standard InChI is InChI=1S/C12H14ClN3O2/c1-12(2,3)9-7-8(13)6(11(17)18)5-14-10(7)16(4)15-9/h5H,1-4H3,(H,17,18). The Kier molecular flexibility index (Phi) is 2.81. The molecule has 2 heterocycles. The Hall–Kier alpha value is -1.62. The van der Waals surface area contributed by atoms with E-state index in [0.717, 1.165) is 5.69 Å². The van der Waals surface area contributed by atoms with Crippen LogP contribution >= 0.6 is 11.6 Å². The van der Waals surface area contributed by atoms with Gasteiger partial charge in [0.1, 0.15) is 0 Å². The number of carboxylic acids is 1. The van der Waals surface area contributed by atoms with Gasteiger partial charge in [0.2, 0.25) is 0 Å². The molecule has 0 aliphatic rings. The van der Waals surface area contributed by atoms with Gasteiger partial charge in [0.05, 0.1) is 21.7 Å². The maximum atomic E-state index is 11.1. The Labute approximate surface area is 109 Å². The van der Waals surface area contributed by atoms with Crippen LogP contribution in [0.5, 0.6) is 0 Å². The summed E-state index contributed by atoms with van der Waals surface area (Å²) in [5, 5.41) is 14.3. The highest BCUT2D eigenvalue weighted by atomic mass is 35.5. The van der Waals surface area contributed by atoms with Crippen molar-refractivity contribution in [2.45, 2.75) is 26.2 Å². The van der Waals surface area contributed by atoms with E-state index in [0.29, 0.717) is 11.0 Å². The van der Waals surface area contributed by atoms with Crippen molar-refractivity contribution in [3.8, 4) is 0 Å². The van der Waals surface area contributed by atoms with Crippen molar-refractivity contribution in [3.05, 3.63) is 22.5 Å². The molecule has 2 aromatic heterocycles. The summed E-state index contributed by atoms with van der Waals surface area (Å²) >= 11 is 6.19. The summed E-state index contributed by atoms with van der Waals surface area (Å²) in [6.07, 6.45) is 1.26. The predicted octanol–water partition coefficient (Wildman–Crippen LogP) is 2.62. The number of pyridine rings is 1. The van der Waals surface area contributed by atoms with Gasteiger partial charge < -0.3 is 5.11 Å². The number of aryl methyl sites for hydroxylation is 1. The first-order valence-electron chi connectivity index (χ1n) is 5.48. The Bertz CT molecular complexity index is 641. The molecule has 0 saturated carbocycles. The zero-order valence-corrected chi connectivity index (χ0v) is 11.4. The van der Waals surface area contributed by atoms with Crippen LogP contribution in [0.2, 0.25) is 5.02 Å². The predicted molar refractivity (Wildman–Crippen MR) is 69.2 cm³/mol. The highest BCUT2D eigenvalue weighted by molar-refractivity contribution is 6.38. The summed E-state index contributed by atoms with van der Waals surface area (Å²) < 4.78 is 1.62. The monoisotopic (exact) mass is 267 g/mol. The maximum absolute atomic E-state index is 11.1. The summed E-state index contributed by atoms with van der Waals surface area (Å²) in [5.41, 5.74) is 1.11. The van der Waals surface area contributed by atoms with Crippen LogP contribution in [0.15, 0.2) is 6.20 Å². The third-order valence-electron chi connectivity index (χ3n) is 2.73. The number of aromatic carboxylic acids is 1. The van der Waals surface area contributed by atoms with Crippen LogP contribution in [0.4, 0.5) is 0 Å². The fraction of sp³-hybridized carbons (Fsp3) is 0.417. The number of halogens is 1. The SMILES string of the molecule is Cn1nc(C(C)(C)C)c2c(Cl)c(C(=O)O)cnc21. The quantitative estimate of drug-likeness (QED) is 0.862. The van der Waals surface area contributed by atoms with E-state index in [1.807, 2.05) is 20.8 Å². The molecule has 0 aliphatic carbocycles. The molecule has 18 heavy (non-hydrogen) atoms. The first-order valence-corrected chi connectivity index (χ1v) is 5.86. The van der Waals surface area contributed by atoms with Crippen LogP contribution < -0.4 is 0 Å². The third kappa shape index (κ3) is 1.84. The van der Waals surface area contributed by atoms with Gasteiger partial charge in [-0.15, -0.1) is 0 Å². The summed E-state index contributed by atoms with van der Waals surface area (Å²) in [6, 6.07) is 0. The average Bonchev–Trinajstić information content (AvgIpc) is 2.56. The van der Waals surface area contributed by atoms with Crippen LogP contribution in [0.3, 0.4) is 0 Å². The Morgan fingerprint density at radius 1 is 1.44 bits per heavy atom. The first kappa shape index (κ1) is 12.8. The number of carboxylic acid groups (broad SMARTS) is 1. The molecule has 6 heteroatoms. The van der Waals surface area contributed by atoms with E-state index in [-0.39, 0.29) is 16.0 Å². The molecule has 0 radical (unpaired) electrons. The van der Waals surface area contributed by atoms with Gasteiger partial charge in [-0.1, -0.05) is 32.4 Å². The van der Waals surface area contributed by atoms with E-state index in [1.165, 1.54) is 6.20 Å². The lowest BCUT2D eigenvalue weighted by Gasteiger charge is -2.16. The highest BCUT2D eigenvalue weighted by Gasteiger charge is 2.26. The Morgan fingerprint density at radius 3 is 2.56 bits per heavy atom. The van der Waals surface area contributed by atoms with E-state index in [2.05, 4.69) is 10.1 Å². The van der Waals surface area contributed by atoms with Crippen LogP contribution in [0, 0.1) is 0 Å². The van der Waals surface area contributed by atoms with Crippen LogP contribution in [-0.2, 0) is 12.5 Å². The number of fused-ring (bicyclic) bond motifs is 1. The third-order valence-corrected chi connectivity index (χ3v) is 3.12. The largest absolute Gasteiger partial charge is 0.478 e. The van der Waals surface area contributed by atoms with Gasteiger partial charge in [0.25, 0.3) is 0 Å². The van der Waals surface area contributed by atoms with Crippen LogP contribution in [0.1, 0.15) is 36.8 Å². The second kappa shape index (κ2) is 3.95. The lowest BCUT2D eigenvalue weighted by molar-refractivity contribution is 0.0697. The molecule has 2 aromatic rings. The van der Waals surface area contributed by atoms with Gasteiger partial charge in [-0.2, -0.15) is 5.10 Å². The molecular weight excluding hydrogens is 254 g/mol. The molecule has 0 saturated heterocycles. The van der Waals surface area contributed by atoms with E-state index < -0.39 is 5.97 Å². The molecule has 0 fully saturated rings. The van der Waals surface area contributed by atoms with Gasteiger partial charge in [-0.05, 0) is 0 Å². The molecule has 0 spiro atoms. The normalized spacial score (nSPS) is 12.1. The summed E-state index contributed by atoms with van der Waals surface area (Å²) in [5.74, 6) is -1.09. The number of hydrogen-bond donors (Lipinski definition) is 1. The minimum absolute atomic E-state index is 0.00247. The molecule has 0 atom stereocenters. The van der Waals surface area contributed by atoms with Crippen LogP contribution in [0.25, 0.3) is 11.0 Å². The number of rotatable bonds is 1. The molecule has 0 aliphatic heterocycles. The molecule has 96 valence electrons. The van der Waals surface area contributed by atoms with E-state index in [4.69, 9.17) is 16.7 Å². The van der Waals surface area contributed by atoms with Gasteiger partial charge in [-0.3, -0.25) is 4.68 Å². The smallest absolute Gasteiger partial charge is 0.338 e. The Balaban J connectivity index is 2.90. The van der Waals surface area contributed by atoms with Crippen molar-refractivity contribution < 1.29 is 9.90 Å². The summed E-state index contributed by atoms with van der Waals surface area (Å²) in [6.45, 7) is 6.00. The number of hydrogen-bond acceptors (Lipinski definition) is 3. The molecule has 1 N–H and O–H groups in total. The average molecular weight is 268 g/mol. The summed E-state index contributed by atoms with van der Waals surface area (Å²) in [4.78, 5) is 15.2. The van der Waals surface area contributed by atoms with Gasteiger partial charge in [0, 0.05) is 18.7 Å². The zero-order chi connectivity index (χ0) is 13.7. The molecule has 0 unspecified atom stereocenters. The highest BCUT2D eigenvalue weighted by Crippen LogP contribution is 2.34. The van der Waals surface area contributed by atoms with Gasteiger partial charge >= 0.3 is 5.97 Å². The molecule has 0 amide bonds. The fourth-order valence-electron chi connectivity index (χ4n) is 1.86. The molecule has 0 bridgehead atoms. The molecule has 2 rings (SSSR count). The second-order valence-corrected chi connectivity index (χ2v) is 5.59. The number of carbonyl (C=O) groups is 1. The minimum atomic E-state index is -1.09. The van der Waals surface area contributed by atoms with Crippen molar-refractivity contribution in [1.82, 2.24) is 14.8 Å². The van der Waals surface area contributed by atoms with E-state index >= 15 is 0 Å². The van der Waals surface area contributed by atoms with Crippen molar-refractivity contribution in [2.75, 3.05) is 0 Å². The second-order valence-electron chi connectivity index (χ2n) is 5.21.